The molecule has 8 heavy (non-hydrogen) atoms. The van der Waals surface area contributed by atoms with Crippen LogP contribution in [0.2, 0.25) is 0 Å². The molecule has 0 bridgehead atoms. The minimum Gasteiger partial charge on any atom is -0.312 e. The van der Waals surface area contributed by atoms with Crippen LogP contribution in [0.3, 0.4) is 0 Å². The van der Waals surface area contributed by atoms with Crippen LogP contribution < -0.4 is 5.32 Å². The average molecular weight is 135 g/mol. The third-order valence-electron chi connectivity index (χ3n) is 1.01. The van der Waals surface area contributed by atoms with Gasteiger partial charge >= 0.3 is 0 Å². The van der Waals surface area contributed by atoms with Gasteiger partial charge in [-0.1, -0.05) is 0 Å². The molecule has 0 spiro atoms. The molecule has 0 aromatic carbocycles. The second kappa shape index (κ2) is 3.29. The van der Waals surface area contributed by atoms with Gasteiger partial charge in [0, 0.05) is 18.8 Å². The van der Waals surface area contributed by atoms with Gasteiger partial charge in [-0.15, -0.1) is 11.8 Å². The average Bonchev–Trinajstić information content (AvgIpc) is 1.90. The van der Waals surface area contributed by atoms with E-state index in [1.165, 1.54) is 0 Å². The van der Waals surface area contributed by atoms with Crippen molar-refractivity contribution in [1.82, 2.24) is 5.32 Å². The molecule has 1 saturated heterocycles. The van der Waals surface area contributed by atoms with E-state index in [1.807, 2.05) is 0 Å². The lowest BCUT2D eigenvalue weighted by atomic mass is 10.6. The molecule has 1 rings (SSSR count). The second-order valence-electron chi connectivity index (χ2n) is 1.61. The Hall–Kier alpha value is 0.230. The van der Waals surface area contributed by atoms with Gasteiger partial charge in [0.2, 0.25) is 0 Å². The maximum atomic E-state index is 8.13. The van der Waals surface area contributed by atoms with E-state index in [0.717, 1.165) is 18.8 Å². The molecule has 3 nitrogen and oxygen atoms in total. The van der Waals surface area contributed by atoms with Crippen molar-refractivity contribution in [3.63, 3.8) is 0 Å². The van der Waals surface area contributed by atoms with E-state index >= 15 is 0 Å². The Morgan fingerprint density at radius 2 is 2.62 bits per heavy atom. The van der Waals surface area contributed by atoms with Crippen molar-refractivity contribution in [2.45, 2.75) is 5.44 Å². The van der Waals surface area contributed by atoms with Gasteiger partial charge in [-0.2, -0.15) is 0 Å². The normalized spacial score (nSPS) is 30.4. The fourth-order valence-corrected chi connectivity index (χ4v) is 1.43. The molecule has 1 aliphatic heterocycles. The van der Waals surface area contributed by atoms with E-state index < -0.39 is 0 Å². The Balaban J connectivity index is 2.13. The van der Waals surface area contributed by atoms with Crippen LogP contribution in [0.1, 0.15) is 0 Å². The fourth-order valence-electron chi connectivity index (χ4n) is 0.609. The first-order chi connectivity index (χ1) is 3.93. The van der Waals surface area contributed by atoms with E-state index in [-0.39, 0.29) is 5.44 Å². The number of rotatable bonds is 1. The van der Waals surface area contributed by atoms with Gasteiger partial charge < -0.3 is 5.32 Å². The van der Waals surface area contributed by atoms with Crippen LogP contribution in [-0.2, 0) is 4.89 Å². The molecule has 1 atom stereocenters. The Kier molecular flexibility index (Phi) is 2.62. The van der Waals surface area contributed by atoms with E-state index in [1.54, 1.807) is 11.8 Å². The largest absolute Gasteiger partial charge is 0.312 e. The third-order valence-corrected chi connectivity index (χ3v) is 2.08. The Morgan fingerprint density at radius 1 is 1.75 bits per heavy atom. The predicted molar refractivity (Wildman–Crippen MR) is 32.8 cm³/mol. The molecule has 1 heterocycles. The molecule has 0 aromatic heterocycles. The molecule has 0 aromatic rings. The van der Waals surface area contributed by atoms with Crippen molar-refractivity contribution >= 4 is 11.8 Å². The minimum absolute atomic E-state index is 0.0521. The van der Waals surface area contributed by atoms with Gasteiger partial charge in [-0.05, 0) is 0 Å². The lowest BCUT2D eigenvalue weighted by Gasteiger charge is -2.18. The number of thioether (sulfide) groups is 1. The maximum Gasteiger partial charge on any atom is 0.150 e. The van der Waals surface area contributed by atoms with Crippen LogP contribution >= 0.6 is 11.8 Å². The molecule has 48 valence electrons. The first kappa shape index (κ1) is 6.35. The molecule has 1 fully saturated rings. The summed E-state index contributed by atoms with van der Waals surface area (Å²) in [5.41, 5.74) is -0.0521. The Bertz CT molecular complexity index is 65.1. The summed E-state index contributed by atoms with van der Waals surface area (Å²) >= 11 is 1.63. The topological polar surface area (TPSA) is 41.5 Å². The van der Waals surface area contributed by atoms with E-state index in [0.29, 0.717) is 0 Å². The van der Waals surface area contributed by atoms with Crippen LogP contribution in [-0.4, -0.2) is 29.5 Å². The third kappa shape index (κ3) is 1.63. The Labute approximate surface area is 52.3 Å². The van der Waals surface area contributed by atoms with Crippen molar-refractivity contribution in [1.29, 1.82) is 0 Å². The van der Waals surface area contributed by atoms with Gasteiger partial charge in [-0.25, -0.2) is 4.89 Å². The van der Waals surface area contributed by atoms with Crippen LogP contribution in [0.15, 0.2) is 0 Å². The van der Waals surface area contributed by atoms with Crippen LogP contribution in [0.5, 0.6) is 0 Å². The van der Waals surface area contributed by atoms with Crippen LogP contribution in [0.4, 0.5) is 0 Å². The summed E-state index contributed by atoms with van der Waals surface area (Å²) in [6, 6.07) is 0. The van der Waals surface area contributed by atoms with Gasteiger partial charge in [0.25, 0.3) is 0 Å². The molecule has 1 aliphatic rings. The quantitative estimate of drug-likeness (QED) is 0.396. The molecular formula is C4H9NO2S. The molecule has 0 aliphatic carbocycles. The zero-order chi connectivity index (χ0) is 5.82. The highest BCUT2D eigenvalue weighted by molar-refractivity contribution is 7.99. The van der Waals surface area contributed by atoms with Gasteiger partial charge in [0.05, 0.1) is 0 Å². The summed E-state index contributed by atoms with van der Waals surface area (Å²) in [6.07, 6.45) is 0. The molecule has 2 N–H and O–H groups in total. The first-order valence-corrected chi connectivity index (χ1v) is 3.61. The monoisotopic (exact) mass is 135 g/mol. The fraction of sp³-hybridized carbons (Fsp3) is 1.00. The highest BCUT2D eigenvalue weighted by atomic mass is 32.2. The molecule has 4 heteroatoms. The number of hydrogen-bond donors (Lipinski definition) is 2. The van der Waals surface area contributed by atoms with E-state index in [2.05, 4.69) is 10.2 Å². The summed E-state index contributed by atoms with van der Waals surface area (Å²) in [7, 11) is 0. The summed E-state index contributed by atoms with van der Waals surface area (Å²) in [5, 5.41) is 11.2. The molecular weight excluding hydrogens is 126 g/mol. The van der Waals surface area contributed by atoms with Gasteiger partial charge in [0.1, 0.15) is 0 Å². The van der Waals surface area contributed by atoms with Gasteiger partial charge in [0.15, 0.2) is 5.44 Å². The van der Waals surface area contributed by atoms with Gasteiger partial charge in [-0.3, -0.25) is 5.26 Å². The SMILES string of the molecule is OOC1CNCCS1. The number of nitrogens with one attached hydrogen (secondary N) is 1. The van der Waals surface area contributed by atoms with Crippen LogP contribution in [0, 0.1) is 0 Å². The summed E-state index contributed by atoms with van der Waals surface area (Å²) in [5.74, 6) is 1.02. The van der Waals surface area contributed by atoms with Crippen molar-refractivity contribution < 1.29 is 10.1 Å². The lowest BCUT2D eigenvalue weighted by molar-refractivity contribution is -0.252. The van der Waals surface area contributed by atoms with Crippen molar-refractivity contribution in [2.75, 3.05) is 18.8 Å². The van der Waals surface area contributed by atoms with Crippen molar-refractivity contribution in [3.05, 3.63) is 0 Å². The molecule has 0 saturated carbocycles. The van der Waals surface area contributed by atoms with E-state index in [9.17, 15) is 0 Å². The molecule has 0 radical (unpaired) electrons. The second-order valence-corrected chi connectivity index (χ2v) is 2.88. The highest BCUT2D eigenvalue weighted by Gasteiger charge is 2.12. The Morgan fingerprint density at radius 3 is 3.00 bits per heavy atom. The van der Waals surface area contributed by atoms with Crippen molar-refractivity contribution in [3.8, 4) is 0 Å². The first-order valence-electron chi connectivity index (χ1n) is 2.56. The van der Waals surface area contributed by atoms with Crippen LogP contribution in [0.25, 0.3) is 0 Å². The zero-order valence-corrected chi connectivity index (χ0v) is 5.28. The lowest BCUT2D eigenvalue weighted by Crippen LogP contribution is -2.33. The zero-order valence-electron chi connectivity index (χ0n) is 4.46. The summed E-state index contributed by atoms with van der Waals surface area (Å²) in [6.45, 7) is 1.77. The molecule has 1 unspecified atom stereocenters. The summed E-state index contributed by atoms with van der Waals surface area (Å²) in [4.78, 5) is 4.09. The highest BCUT2D eigenvalue weighted by Crippen LogP contribution is 2.12. The number of hydrogen-bond acceptors (Lipinski definition) is 4. The minimum atomic E-state index is -0.0521. The smallest absolute Gasteiger partial charge is 0.150 e. The summed E-state index contributed by atoms with van der Waals surface area (Å²) < 4.78 is 0. The maximum absolute atomic E-state index is 8.13. The molecule has 0 amide bonds. The van der Waals surface area contributed by atoms with Crippen molar-refractivity contribution in [2.24, 2.45) is 0 Å². The predicted octanol–water partition coefficient (Wildman–Crippen LogP) is 0.138. The van der Waals surface area contributed by atoms with E-state index in [4.69, 9.17) is 5.26 Å². The standard InChI is InChI=1S/C4H9NO2S/c6-7-4-3-5-1-2-8-4/h4-6H,1-3H2.